The van der Waals surface area contributed by atoms with Crippen molar-refractivity contribution in [2.45, 2.75) is 44.3 Å². The van der Waals surface area contributed by atoms with E-state index in [4.69, 9.17) is 11.6 Å². The standard InChI is InChI=1S/C35H32ClN3O2/c36-31-20-26(37-34(40)29-12-6-5-11-28(29)23-8-2-1-3-9-23)16-19-30(31)35(41)39-22-33-24-14-17-27(18-15-24)38(33)21-25-10-4-7-13-32(25)39/h1-13,16,19-20,24,27,33H,14-15,17-18,21-22H2,(H,37,40)/t24?,27?,33-/m1/s1. The number of carbonyl (C=O) groups excluding carboxylic acids is 2. The minimum Gasteiger partial charge on any atom is -0.322 e. The van der Waals surface area contributed by atoms with Crippen LogP contribution in [0.15, 0.2) is 97.1 Å². The summed E-state index contributed by atoms with van der Waals surface area (Å²) < 4.78 is 0. The Kier molecular flexibility index (Phi) is 6.85. The van der Waals surface area contributed by atoms with Crippen molar-refractivity contribution < 1.29 is 9.59 Å². The van der Waals surface area contributed by atoms with Crippen molar-refractivity contribution in [3.8, 4) is 11.1 Å². The number of nitrogens with one attached hydrogen (secondary N) is 1. The lowest BCUT2D eigenvalue weighted by molar-refractivity contribution is -0.0121. The second-order valence-electron chi connectivity index (χ2n) is 11.4. The number of halogens is 1. The molecule has 4 aliphatic rings. The first-order chi connectivity index (χ1) is 20.1. The first-order valence-electron chi connectivity index (χ1n) is 14.5. The molecule has 4 aromatic carbocycles. The van der Waals surface area contributed by atoms with Gasteiger partial charge >= 0.3 is 0 Å². The molecule has 3 fully saturated rings. The zero-order chi connectivity index (χ0) is 27.9. The summed E-state index contributed by atoms with van der Waals surface area (Å²) in [6.07, 6.45) is 5.00. The predicted molar refractivity (Wildman–Crippen MR) is 164 cm³/mol. The predicted octanol–water partition coefficient (Wildman–Crippen LogP) is 7.66. The van der Waals surface area contributed by atoms with Crippen molar-refractivity contribution in [1.82, 2.24) is 4.90 Å². The molecule has 0 spiro atoms. The summed E-state index contributed by atoms with van der Waals surface area (Å²) in [6, 6.07) is 31.8. The lowest BCUT2D eigenvalue weighted by Gasteiger charge is -2.51. The van der Waals surface area contributed by atoms with Crippen molar-refractivity contribution in [2.75, 3.05) is 16.8 Å². The van der Waals surface area contributed by atoms with E-state index in [1.54, 1.807) is 18.2 Å². The highest BCUT2D eigenvalue weighted by atomic mass is 35.5. The van der Waals surface area contributed by atoms with Crippen molar-refractivity contribution in [3.05, 3.63) is 119 Å². The van der Waals surface area contributed by atoms with Crippen LogP contribution in [0.2, 0.25) is 5.02 Å². The van der Waals surface area contributed by atoms with Gasteiger partial charge in [-0.2, -0.15) is 0 Å². The van der Waals surface area contributed by atoms with Gasteiger partial charge in [0, 0.05) is 42.1 Å². The van der Waals surface area contributed by atoms with E-state index in [9.17, 15) is 9.59 Å². The summed E-state index contributed by atoms with van der Waals surface area (Å²) in [4.78, 5) is 32.0. The molecule has 2 saturated heterocycles. The maximum Gasteiger partial charge on any atom is 0.259 e. The van der Waals surface area contributed by atoms with E-state index in [0.29, 0.717) is 46.4 Å². The second kappa shape index (κ2) is 10.8. The quantitative estimate of drug-likeness (QED) is 0.278. The van der Waals surface area contributed by atoms with Crippen LogP contribution in [-0.2, 0) is 6.54 Å². The van der Waals surface area contributed by atoms with E-state index in [1.165, 1.54) is 31.2 Å². The van der Waals surface area contributed by atoms with Crippen LogP contribution in [0, 0.1) is 5.92 Å². The number of nitrogens with zero attached hydrogens (tertiary/aromatic N) is 2. The third-order valence-corrected chi connectivity index (χ3v) is 9.46. The number of hydrogen-bond acceptors (Lipinski definition) is 3. The molecule has 41 heavy (non-hydrogen) atoms. The smallest absolute Gasteiger partial charge is 0.259 e. The molecule has 2 amide bonds. The summed E-state index contributed by atoms with van der Waals surface area (Å²) in [6.45, 7) is 1.55. The third kappa shape index (κ3) is 4.83. The van der Waals surface area contributed by atoms with Crippen LogP contribution in [0.4, 0.5) is 11.4 Å². The van der Waals surface area contributed by atoms with E-state index in [1.807, 2.05) is 65.6 Å². The molecule has 206 valence electrons. The Bertz CT molecular complexity index is 1610. The molecule has 1 saturated carbocycles. The number of para-hydroxylation sites is 1. The molecule has 0 aromatic heterocycles. The summed E-state index contributed by atoms with van der Waals surface area (Å²) in [5.74, 6) is 0.294. The normalized spacial score (nSPS) is 21.5. The maximum absolute atomic E-state index is 14.1. The monoisotopic (exact) mass is 561 g/mol. The van der Waals surface area contributed by atoms with Gasteiger partial charge in [0.15, 0.2) is 0 Å². The van der Waals surface area contributed by atoms with E-state index in [-0.39, 0.29) is 11.8 Å². The molecule has 8 rings (SSSR count). The molecule has 1 N–H and O–H groups in total. The fourth-order valence-corrected chi connectivity index (χ4v) is 7.36. The Morgan fingerprint density at radius 2 is 1.51 bits per heavy atom. The van der Waals surface area contributed by atoms with Crippen molar-refractivity contribution in [3.63, 3.8) is 0 Å². The average Bonchev–Trinajstić information content (AvgIpc) is 3.20. The summed E-state index contributed by atoms with van der Waals surface area (Å²) >= 11 is 6.76. The molecule has 4 aromatic rings. The Morgan fingerprint density at radius 1 is 0.780 bits per heavy atom. The Labute approximate surface area is 245 Å². The lowest BCUT2D eigenvalue weighted by atomic mass is 9.74. The number of piperidine rings is 2. The molecule has 0 unspecified atom stereocenters. The largest absolute Gasteiger partial charge is 0.322 e. The van der Waals surface area contributed by atoms with Crippen LogP contribution in [0.25, 0.3) is 11.1 Å². The fourth-order valence-electron chi connectivity index (χ4n) is 7.10. The highest BCUT2D eigenvalue weighted by Crippen LogP contribution is 2.44. The molecule has 3 aliphatic heterocycles. The number of amides is 2. The Hall–Kier alpha value is -3.93. The van der Waals surface area contributed by atoms with Crippen LogP contribution in [0.3, 0.4) is 0 Å². The van der Waals surface area contributed by atoms with E-state index < -0.39 is 0 Å². The molecule has 0 radical (unpaired) electrons. The first kappa shape index (κ1) is 26.0. The summed E-state index contributed by atoms with van der Waals surface area (Å²) in [5, 5.41) is 3.31. The highest BCUT2D eigenvalue weighted by Gasteiger charge is 2.45. The summed E-state index contributed by atoms with van der Waals surface area (Å²) in [5.41, 5.74) is 5.55. The number of anilines is 2. The molecule has 6 heteroatoms. The molecule has 1 aliphatic carbocycles. The van der Waals surface area contributed by atoms with Crippen LogP contribution >= 0.6 is 11.6 Å². The molecule has 1 atom stereocenters. The Balaban J connectivity index is 1.15. The lowest BCUT2D eigenvalue weighted by Crippen LogP contribution is -2.57. The molecular formula is C35H32ClN3O2. The van der Waals surface area contributed by atoms with Gasteiger partial charge in [-0.25, -0.2) is 0 Å². The van der Waals surface area contributed by atoms with Gasteiger partial charge < -0.3 is 10.2 Å². The van der Waals surface area contributed by atoms with Crippen LogP contribution in [0.5, 0.6) is 0 Å². The van der Waals surface area contributed by atoms with Gasteiger partial charge in [0.2, 0.25) is 0 Å². The van der Waals surface area contributed by atoms with Crippen LogP contribution < -0.4 is 10.2 Å². The van der Waals surface area contributed by atoms with Crippen LogP contribution in [0.1, 0.15) is 52.0 Å². The topological polar surface area (TPSA) is 52.7 Å². The van der Waals surface area contributed by atoms with Crippen molar-refractivity contribution in [1.29, 1.82) is 0 Å². The molecule has 5 nitrogen and oxygen atoms in total. The summed E-state index contributed by atoms with van der Waals surface area (Å²) in [7, 11) is 0. The van der Waals surface area contributed by atoms with Gasteiger partial charge in [0.25, 0.3) is 11.8 Å². The zero-order valence-corrected chi connectivity index (χ0v) is 23.6. The molecule has 2 bridgehead atoms. The average molecular weight is 562 g/mol. The van der Waals surface area contributed by atoms with E-state index in [2.05, 4.69) is 28.4 Å². The maximum atomic E-state index is 14.1. The fraction of sp³-hybridized carbons (Fsp3) is 0.257. The Morgan fingerprint density at radius 3 is 2.32 bits per heavy atom. The minimum absolute atomic E-state index is 0.0990. The van der Waals surface area contributed by atoms with Gasteiger partial charge in [-0.05, 0) is 78.6 Å². The van der Waals surface area contributed by atoms with Gasteiger partial charge in [0.05, 0.1) is 10.6 Å². The van der Waals surface area contributed by atoms with Crippen LogP contribution in [-0.4, -0.2) is 35.3 Å². The SMILES string of the molecule is O=C(Nc1ccc(C(=O)N2C[C@@H]3C4CCC(CC4)N3Cc3ccccc32)c(Cl)c1)c1ccccc1-c1ccccc1. The zero-order valence-electron chi connectivity index (χ0n) is 22.8. The first-order valence-corrected chi connectivity index (χ1v) is 14.9. The van der Waals surface area contributed by atoms with Crippen molar-refractivity contribution in [2.24, 2.45) is 5.92 Å². The van der Waals surface area contributed by atoms with Crippen molar-refractivity contribution >= 4 is 34.8 Å². The third-order valence-electron chi connectivity index (χ3n) is 9.14. The molecular weight excluding hydrogens is 530 g/mol. The number of hydrogen-bond donors (Lipinski definition) is 1. The number of benzene rings is 4. The van der Waals surface area contributed by atoms with E-state index in [0.717, 1.165) is 23.4 Å². The van der Waals surface area contributed by atoms with Gasteiger partial charge in [-0.3, -0.25) is 14.5 Å². The van der Waals surface area contributed by atoms with Gasteiger partial charge in [0.1, 0.15) is 0 Å². The minimum atomic E-state index is -0.228. The highest BCUT2D eigenvalue weighted by molar-refractivity contribution is 6.35. The van der Waals surface area contributed by atoms with E-state index >= 15 is 0 Å². The number of rotatable bonds is 4. The second-order valence-corrected chi connectivity index (χ2v) is 11.8. The van der Waals surface area contributed by atoms with Gasteiger partial charge in [-0.1, -0.05) is 78.3 Å². The number of fused-ring (bicyclic) bond motifs is 3. The number of carbonyl (C=O) groups is 2. The van der Waals surface area contributed by atoms with Gasteiger partial charge in [-0.15, -0.1) is 0 Å². The molecule has 3 heterocycles.